The third-order valence-electron chi connectivity index (χ3n) is 6.32. The molecule has 0 aliphatic carbocycles. The molecule has 13 heteroatoms. The molecule has 4 aromatic rings. The quantitative estimate of drug-likeness (QED) is 0.0508. The van der Waals surface area contributed by atoms with Crippen LogP contribution < -0.4 is 15.6 Å². The number of benzene rings is 3. The molecule has 0 bridgehead atoms. The molecule has 1 amide bonds. The summed E-state index contributed by atoms with van der Waals surface area (Å²) in [6.07, 6.45) is 3.05. The van der Waals surface area contributed by atoms with Crippen LogP contribution in [0.5, 0.6) is 23.0 Å². The van der Waals surface area contributed by atoms with Crippen LogP contribution >= 0.6 is 0 Å². The number of carbonyl (C=O) groups excluding carboxylic acids is 2. The van der Waals surface area contributed by atoms with Gasteiger partial charge in [-0.3, -0.25) is 24.4 Å². The summed E-state index contributed by atoms with van der Waals surface area (Å²) in [5, 5.41) is 33.1. The molecule has 1 radical (unpaired) electrons. The van der Waals surface area contributed by atoms with Crippen LogP contribution in [0.15, 0.2) is 63.3 Å². The van der Waals surface area contributed by atoms with Crippen molar-refractivity contribution in [3.8, 4) is 23.0 Å². The van der Waals surface area contributed by atoms with Crippen LogP contribution in [0.3, 0.4) is 0 Å². The summed E-state index contributed by atoms with van der Waals surface area (Å²) >= 11 is 0. The Balaban J connectivity index is 0.00000552. The number of aliphatic imine (C=N–C) groups is 2. The first kappa shape index (κ1) is 34.5. The zero-order valence-corrected chi connectivity index (χ0v) is 25.7. The average molecular weight is 663 g/mol. The molecule has 0 atom stereocenters. The Kier molecular flexibility index (Phi) is 12.0. The summed E-state index contributed by atoms with van der Waals surface area (Å²) in [7, 11) is 0. The van der Waals surface area contributed by atoms with Crippen molar-refractivity contribution in [3.05, 3.63) is 75.7 Å². The van der Waals surface area contributed by atoms with Gasteiger partial charge in [-0.2, -0.15) is 0 Å². The SMILES string of the molecule is CCNC(=O)CCC(=O)Oc1ccc(O)c(C=Nc2cc3nc(CC(C)C)c(=O)[nH]c3cc2N=Cc2cc(O)ccc2O)c1.[Cu]. The Morgan fingerprint density at radius 1 is 0.956 bits per heavy atom. The molecule has 3 aromatic carbocycles. The Labute approximate surface area is 269 Å². The molecule has 1 aromatic heterocycles. The van der Waals surface area contributed by atoms with Gasteiger partial charge in [0.2, 0.25) is 5.91 Å². The van der Waals surface area contributed by atoms with E-state index in [4.69, 9.17) is 4.74 Å². The van der Waals surface area contributed by atoms with Crippen molar-refractivity contribution >= 4 is 46.7 Å². The Morgan fingerprint density at radius 3 is 2.27 bits per heavy atom. The number of rotatable bonds is 11. The molecule has 45 heavy (non-hydrogen) atoms. The molecule has 0 aliphatic rings. The van der Waals surface area contributed by atoms with Crippen molar-refractivity contribution in [2.24, 2.45) is 15.9 Å². The van der Waals surface area contributed by atoms with E-state index in [0.717, 1.165) is 0 Å². The second kappa shape index (κ2) is 15.6. The molecule has 5 N–H and O–H groups in total. The predicted octanol–water partition coefficient (Wildman–Crippen LogP) is 4.56. The number of hydrogen-bond acceptors (Lipinski definition) is 10. The van der Waals surface area contributed by atoms with Crippen LogP contribution in [0, 0.1) is 5.92 Å². The first-order chi connectivity index (χ1) is 21.0. The van der Waals surface area contributed by atoms with Gasteiger partial charge in [0.1, 0.15) is 28.7 Å². The number of amides is 1. The molecule has 1 heterocycles. The van der Waals surface area contributed by atoms with Gasteiger partial charge in [-0.25, -0.2) is 4.98 Å². The van der Waals surface area contributed by atoms with Crippen molar-refractivity contribution in [1.82, 2.24) is 15.3 Å². The fourth-order valence-corrected chi connectivity index (χ4v) is 4.19. The number of aromatic amines is 1. The maximum Gasteiger partial charge on any atom is 0.311 e. The second-order valence-corrected chi connectivity index (χ2v) is 10.4. The first-order valence-electron chi connectivity index (χ1n) is 14.0. The van der Waals surface area contributed by atoms with E-state index in [-0.39, 0.29) is 87.1 Å². The summed E-state index contributed by atoms with van der Waals surface area (Å²) < 4.78 is 5.33. The standard InChI is InChI=1S/C32H33N5O7.Cu/c1-4-33-30(41)9-10-31(42)44-22-6-8-29(40)20(13-22)17-35-23-14-25-26(37-32(43)27(36-25)11-18(2)3)15-24(23)34-16-19-12-21(38)5-7-28(19)39;/h5-8,12-18,38-40H,4,9-11H2,1-3H3,(H,33,41)(H,37,43);. The van der Waals surface area contributed by atoms with E-state index in [0.29, 0.717) is 35.4 Å². The largest absolute Gasteiger partial charge is 0.508 e. The number of nitrogens with one attached hydrogen (secondary N) is 2. The minimum atomic E-state index is -0.608. The molecule has 12 nitrogen and oxygen atoms in total. The molecule has 0 spiro atoms. The summed E-state index contributed by atoms with van der Waals surface area (Å²) in [5.41, 5.74) is 2.02. The Bertz CT molecular complexity index is 1820. The third-order valence-corrected chi connectivity index (χ3v) is 6.32. The van der Waals surface area contributed by atoms with E-state index >= 15 is 0 Å². The van der Waals surface area contributed by atoms with Crippen LogP contribution in [-0.2, 0) is 33.1 Å². The molecule has 0 aliphatic heterocycles. The van der Waals surface area contributed by atoms with Gasteiger partial charge < -0.3 is 30.4 Å². The van der Waals surface area contributed by atoms with E-state index in [1.807, 2.05) is 13.8 Å². The zero-order chi connectivity index (χ0) is 31.8. The third kappa shape index (κ3) is 9.49. The number of aromatic hydroxyl groups is 3. The van der Waals surface area contributed by atoms with Crippen LogP contribution in [0.25, 0.3) is 11.0 Å². The van der Waals surface area contributed by atoms with Gasteiger partial charge in [-0.15, -0.1) is 0 Å². The molecule has 0 saturated carbocycles. The molecular formula is C32H33CuN5O7. The number of hydrogen-bond donors (Lipinski definition) is 5. The van der Waals surface area contributed by atoms with E-state index < -0.39 is 5.97 Å². The van der Waals surface area contributed by atoms with Crippen LogP contribution in [0.2, 0.25) is 0 Å². The minimum Gasteiger partial charge on any atom is -0.508 e. The van der Waals surface area contributed by atoms with E-state index in [1.165, 1.54) is 48.8 Å². The van der Waals surface area contributed by atoms with Crippen molar-refractivity contribution in [2.75, 3.05) is 6.54 Å². The Morgan fingerprint density at radius 2 is 1.60 bits per heavy atom. The smallest absolute Gasteiger partial charge is 0.311 e. The van der Waals surface area contributed by atoms with E-state index in [1.54, 1.807) is 19.1 Å². The number of H-pyrrole nitrogens is 1. The number of fused-ring (bicyclic) bond motifs is 1. The van der Waals surface area contributed by atoms with Gasteiger partial charge in [-0.1, -0.05) is 13.8 Å². The molecule has 239 valence electrons. The minimum absolute atomic E-state index is 0. The van der Waals surface area contributed by atoms with Gasteiger partial charge in [0, 0.05) is 53.6 Å². The topological polar surface area (TPSA) is 187 Å². The van der Waals surface area contributed by atoms with Gasteiger partial charge >= 0.3 is 5.97 Å². The molecule has 0 saturated heterocycles. The van der Waals surface area contributed by atoms with Gasteiger partial charge in [0.05, 0.1) is 28.8 Å². The number of phenols is 3. The van der Waals surface area contributed by atoms with Gasteiger partial charge in [-0.05, 0) is 67.8 Å². The van der Waals surface area contributed by atoms with Crippen molar-refractivity contribution in [3.63, 3.8) is 0 Å². The van der Waals surface area contributed by atoms with Gasteiger partial charge in [0.25, 0.3) is 5.56 Å². The fourth-order valence-electron chi connectivity index (χ4n) is 4.19. The number of aromatic nitrogens is 2. The number of esters is 1. The Hall–Kier alpha value is -5.00. The summed E-state index contributed by atoms with van der Waals surface area (Å²) in [5.74, 6) is -0.808. The fraction of sp³-hybridized carbons (Fsp3) is 0.250. The maximum atomic E-state index is 12.7. The summed E-state index contributed by atoms with van der Waals surface area (Å²) in [6.45, 7) is 6.21. The van der Waals surface area contributed by atoms with Crippen molar-refractivity contribution in [2.45, 2.75) is 40.0 Å². The van der Waals surface area contributed by atoms with Crippen molar-refractivity contribution in [1.29, 1.82) is 0 Å². The van der Waals surface area contributed by atoms with Crippen molar-refractivity contribution < 1.29 is 46.7 Å². The summed E-state index contributed by atoms with van der Waals surface area (Å²) in [6, 6.07) is 11.4. The van der Waals surface area contributed by atoms with Crippen LogP contribution in [-0.4, -0.2) is 56.1 Å². The van der Waals surface area contributed by atoms with Gasteiger partial charge in [0.15, 0.2) is 0 Å². The number of ether oxygens (including phenoxy) is 1. The first-order valence-corrected chi connectivity index (χ1v) is 14.0. The van der Waals surface area contributed by atoms with E-state index in [9.17, 15) is 29.7 Å². The molecule has 0 unspecified atom stereocenters. The van der Waals surface area contributed by atoms with Crippen LogP contribution in [0.1, 0.15) is 50.4 Å². The monoisotopic (exact) mass is 662 g/mol. The number of phenolic OH excluding ortho intramolecular Hbond substituents is 3. The predicted molar refractivity (Wildman–Crippen MR) is 167 cm³/mol. The number of carbonyl (C=O) groups is 2. The zero-order valence-electron chi connectivity index (χ0n) is 24.8. The molecule has 0 fully saturated rings. The van der Waals surface area contributed by atoms with Crippen LogP contribution in [0.4, 0.5) is 11.4 Å². The summed E-state index contributed by atoms with van der Waals surface area (Å²) in [4.78, 5) is 52.9. The molecule has 4 rings (SSSR count). The maximum absolute atomic E-state index is 12.7. The van der Waals surface area contributed by atoms with E-state index in [2.05, 4.69) is 25.3 Å². The molecular weight excluding hydrogens is 630 g/mol. The normalized spacial score (nSPS) is 11.3. The second-order valence-electron chi connectivity index (χ2n) is 10.4. The average Bonchev–Trinajstić information content (AvgIpc) is 2.97. The number of nitrogens with zero attached hydrogens (tertiary/aromatic N) is 3.